The first-order valence-electron chi connectivity index (χ1n) is 8.50. The largest absolute Gasteiger partial charge is 0.248 e. The molecule has 1 nitrogen and oxygen atoms in total. The van der Waals surface area contributed by atoms with Crippen LogP contribution in [-0.4, -0.2) is 4.98 Å². The Balaban J connectivity index is 1.97. The van der Waals surface area contributed by atoms with Gasteiger partial charge in [-0.2, -0.15) is 0 Å². The van der Waals surface area contributed by atoms with Crippen LogP contribution in [0, 0.1) is 0 Å². The van der Waals surface area contributed by atoms with E-state index >= 15 is 0 Å². The topological polar surface area (TPSA) is 12.9 Å². The van der Waals surface area contributed by atoms with Crippen molar-refractivity contribution >= 4 is 17.0 Å². The first kappa shape index (κ1) is 15.5. The number of hydrogen-bond acceptors (Lipinski definition) is 1. The van der Waals surface area contributed by atoms with Gasteiger partial charge in [-0.05, 0) is 42.2 Å². The van der Waals surface area contributed by atoms with E-state index in [-0.39, 0.29) is 0 Å². The number of para-hydroxylation sites is 1. The third kappa shape index (κ3) is 3.87. The van der Waals surface area contributed by atoms with Gasteiger partial charge in [-0.15, -0.1) is 0 Å². The molecule has 23 heavy (non-hydrogen) atoms. The lowest BCUT2D eigenvalue weighted by atomic mass is 10.00. The molecule has 3 aromatic rings. The molecular formula is C22H23N. The lowest BCUT2D eigenvalue weighted by Gasteiger charge is -2.08. The van der Waals surface area contributed by atoms with Crippen LogP contribution < -0.4 is 0 Å². The molecule has 1 heterocycles. The van der Waals surface area contributed by atoms with Crippen molar-refractivity contribution in [1.29, 1.82) is 0 Å². The van der Waals surface area contributed by atoms with Crippen molar-refractivity contribution in [3.63, 3.8) is 0 Å². The molecule has 1 aromatic heterocycles. The molecule has 0 N–H and O–H groups in total. The molecule has 0 spiro atoms. The van der Waals surface area contributed by atoms with E-state index in [1.807, 2.05) is 0 Å². The van der Waals surface area contributed by atoms with Gasteiger partial charge in [0.1, 0.15) is 0 Å². The second kappa shape index (κ2) is 7.73. The minimum atomic E-state index is 1.04. The zero-order valence-electron chi connectivity index (χ0n) is 13.7. The monoisotopic (exact) mass is 301 g/mol. The Morgan fingerprint density at radius 1 is 0.913 bits per heavy atom. The third-order valence-electron chi connectivity index (χ3n) is 4.08. The van der Waals surface area contributed by atoms with E-state index in [4.69, 9.17) is 4.98 Å². The van der Waals surface area contributed by atoms with Gasteiger partial charge in [0.05, 0.1) is 11.2 Å². The minimum absolute atomic E-state index is 1.04. The van der Waals surface area contributed by atoms with E-state index in [0.717, 1.165) is 17.6 Å². The molecule has 0 amide bonds. The smallest absolute Gasteiger partial charge is 0.0715 e. The molecule has 3 rings (SSSR count). The summed E-state index contributed by atoms with van der Waals surface area (Å²) in [7, 11) is 0. The van der Waals surface area contributed by atoms with Crippen LogP contribution >= 0.6 is 0 Å². The summed E-state index contributed by atoms with van der Waals surface area (Å²) in [5, 5.41) is 1.21. The van der Waals surface area contributed by atoms with Crippen LogP contribution in [0.4, 0.5) is 0 Å². The van der Waals surface area contributed by atoms with E-state index in [1.54, 1.807) is 0 Å². The van der Waals surface area contributed by atoms with E-state index in [2.05, 4.69) is 79.7 Å². The quantitative estimate of drug-likeness (QED) is 0.474. The van der Waals surface area contributed by atoms with Crippen LogP contribution in [0.2, 0.25) is 0 Å². The summed E-state index contributed by atoms with van der Waals surface area (Å²) < 4.78 is 0. The Morgan fingerprint density at radius 3 is 2.52 bits per heavy atom. The second-order valence-electron chi connectivity index (χ2n) is 5.88. The van der Waals surface area contributed by atoms with Crippen LogP contribution in [0.15, 0.2) is 66.7 Å². The molecule has 0 bridgehead atoms. The number of rotatable bonds is 6. The average molecular weight is 301 g/mol. The highest BCUT2D eigenvalue weighted by molar-refractivity contribution is 5.95. The fourth-order valence-electron chi connectivity index (χ4n) is 2.85. The molecule has 0 atom stereocenters. The van der Waals surface area contributed by atoms with E-state index in [0.29, 0.717) is 0 Å². The van der Waals surface area contributed by atoms with Crippen LogP contribution in [0.1, 0.15) is 38.3 Å². The maximum Gasteiger partial charge on any atom is 0.0715 e. The number of aromatic nitrogens is 1. The normalized spacial score (nSPS) is 11.3. The zero-order chi connectivity index (χ0) is 15.9. The van der Waals surface area contributed by atoms with Crippen molar-refractivity contribution in [1.82, 2.24) is 4.98 Å². The lowest BCUT2D eigenvalue weighted by molar-refractivity contribution is 0.730. The summed E-state index contributed by atoms with van der Waals surface area (Å²) in [6.45, 7) is 2.24. The Morgan fingerprint density at radius 2 is 1.70 bits per heavy atom. The molecule has 0 unspecified atom stereocenters. The highest BCUT2D eigenvalue weighted by Crippen LogP contribution is 2.28. The molecule has 2 aromatic carbocycles. The van der Waals surface area contributed by atoms with Crippen molar-refractivity contribution in [2.45, 2.75) is 32.6 Å². The molecule has 0 aliphatic carbocycles. The van der Waals surface area contributed by atoms with Crippen LogP contribution in [0.25, 0.3) is 28.1 Å². The summed E-state index contributed by atoms with van der Waals surface area (Å²) in [6, 6.07) is 21.1. The van der Waals surface area contributed by atoms with Gasteiger partial charge in [0.15, 0.2) is 0 Å². The van der Waals surface area contributed by atoms with Crippen LogP contribution in [-0.2, 0) is 0 Å². The molecular weight excluding hydrogens is 278 g/mol. The van der Waals surface area contributed by atoms with E-state index in [9.17, 15) is 0 Å². The van der Waals surface area contributed by atoms with Gasteiger partial charge in [0, 0.05) is 5.39 Å². The molecule has 0 saturated carbocycles. The van der Waals surface area contributed by atoms with Gasteiger partial charge < -0.3 is 0 Å². The molecule has 1 heteroatoms. The third-order valence-corrected chi connectivity index (χ3v) is 4.08. The number of fused-ring (bicyclic) bond motifs is 1. The van der Waals surface area contributed by atoms with Crippen LogP contribution in [0.5, 0.6) is 0 Å². The predicted octanol–water partition coefficient (Wildman–Crippen LogP) is 6.50. The van der Waals surface area contributed by atoms with Crippen molar-refractivity contribution in [2.24, 2.45) is 0 Å². The van der Waals surface area contributed by atoms with Gasteiger partial charge in [-0.3, -0.25) is 0 Å². The molecule has 0 aliphatic heterocycles. The molecule has 0 saturated heterocycles. The standard InChI is InChI=1S/C22H23N/c1-2-3-4-5-9-14-19-17-21(18-12-7-6-8-13-18)20-15-10-11-16-22(20)23-19/h6-17H,2-5H2,1H3/b14-9+. The van der Waals surface area contributed by atoms with Gasteiger partial charge in [0.25, 0.3) is 0 Å². The van der Waals surface area contributed by atoms with Crippen molar-refractivity contribution in [2.75, 3.05) is 0 Å². The molecule has 0 radical (unpaired) electrons. The molecule has 0 fully saturated rings. The molecule has 0 aliphatic rings. The van der Waals surface area contributed by atoms with E-state index in [1.165, 1.54) is 35.8 Å². The van der Waals surface area contributed by atoms with Gasteiger partial charge >= 0.3 is 0 Å². The highest BCUT2D eigenvalue weighted by atomic mass is 14.7. The Kier molecular flexibility index (Phi) is 5.21. The maximum atomic E-state index is 4.79. The fraction of sp³-hybridized carbons (Fsp3) is 0.227. The van der Waals surface area contributed by atoms with Crippen molar-refractivity contribution < 1.29 is 0 Å². The Labute approximate surface area is 138 Å². The summed E-state index contributed by atoms with van der Waals surface area (Å²) in [4.78, 5) is 4.79. The van der Waals surface area contributed by atoms with E-state index < -0.39 is 0 Å². The SMILES string of the molecule is CCCCC/C=C/c1cc(-c2ccccc2)c2ccccc2n1. The van der Waals surface area contributed by atoms with Gasteiger partial charge in [-0.25, -0.2) is 4.98 Å². The number of allylic oxidation sites excluding steroid dienone is 1. The Hall–Kier alpha value is -2.41. The number of benzene rings is 2. The predicted molar refractivity (Wildman–Crippen MR) is 100 cm³/mol. The average Bonchev–Trinajstić information content (AvgIpc) is 2.61. The fourth-order valence-corrected chi connectivity index (χ4v) is 2.85. The van der Waals surface area contributed by atoms with Gasteiger partial charge in [-0.1, -0.05) is 74.4 Å². The zero-order valence-corrected chi connectivity index (χ0v) is 13.7. The number of nitrogens with zero attached hydrogens (tertiary/aromatic N) is 1. The van der Waals surface area contributed by atoms with Crippen LogP contribution in [0.3, 0.4) is 0 Å². The lowest BCUT2D eigenvalue weighted by Crippen LogP contribution is -1.88. The maximum absolute atomic E-state index is 4.79. The second-order valence-corrected chi connectivity index (χ2v) is 5.88. The number of unbranched alkanes of at least 4 members (excludes halogenated alkanes) is 3. The summed E-state index contributed by atoms with van der Waals surface area (Å²) >= 11 is 0. The summed E-state index contributed by atoms with van der Waals surface area (Å²) in [5.74, 6) is 0. The molecule has 116 valence electrons. The number of hydrogen-bond donors (Lipinski definition) is 0. The van der Waals surface area contributed by atoms with Gasteiger partial charge in [0.2, 0.25) is 0 Å². The first-order chi connectivity index (χ1) is 11.4. The summed E-state index contributed by atoms with van der Waals surface area (Å²) in [5.41, 5.74) is 4.59. The number of pyridine rings is 1. The minimum Gasteiger partial charge on any atom is -0.248 e. The van der Waals surface area contributed by atoms with Crippen molar-refractivity contribution in [3.8, 4) is 11.1 Å². The highest BCUT2D eigenvalue weighted by Gasteiger charge is 2.06. The van der Waals surface area contributed by atoms with Crippen molar-refractivity contribution in [3.05, 3.63) is 72.4 Å². The first-order valence-corrected chi connectivity index (χ1v) is 8.50. The Bertz CT molecular complexity index is 787. The summed E-state index contributed by atoms with van der Waals surface area (Å²) in [6.07, 6.45) is 9.36.